The highest BCUT2D eigenvalue weighted by Crippen LogP contribution is 2.30. The molecule has 2 heterocycles. The van der Waals surface area contributed by atoms with Gasteiger partial charge in [-0.2, -0.15) is 0 Å². The fourth-order valence-corrected chi connectivity index (χ4v) is 4.02. The summed E-state index contributed by atoms with van der Waals surface area (Å²) in [5, 5.41) is 10.4. The van der Waals surface area contributed by atoms with Crippen molar-refractivity contribution < 1.29 is 9.90 Å². The number of hydrogen-bond donors (Lipinski definition) is 2. The van der Waals surface area contributed by atoms with Gasteiger partial charge in [-0.15, -0.1) is 0 Å². The lowest BCUT2D eigenvalue weighted by Gasteiger charge is -2.14. The molecule has 7 nitrogen and oxygen atoms in total. The minimum absolute atomic E-state index is 0.0823. The molecule has 5 aromatic rings. The number of aromatic nitrogens is 3. The Morgan fingerprint density at radius 2 is 1.73 bits per heavy atom. The Morgan fingerprint density at radius 1 is 0.967 bits per heavy atom. The summed E-state index contributed by atoms with van der Waals surface area (Å²) >= 11 is 0. The van der Waals surface area contributed by atoms with E-state index < -0.39 is 17.1 Å². The molecule has 0 atom stereocenters. The van der Waals surface area contributed by atoms with Crippen LogP contribution in [0.15, 0.2) is 70.3 Å². The molecule has 146 valence electrons. The third kappa shape index (κ3) is 2.45. The maximum absolute atomic E-state index is 12.9. The molecule has 3 aromatic carbocycles. The number of carboxylic acid groups (broad SMARTS) is 1. The number of aromatic carboxylic acids is 1. The van der Waals surface area contributed by atoms with E-state index in [1.807, 2.05) is 30.3 Å². The molecule has 0 saturated carbocycles. The van der Waals surface area contributed by atoms with Crippen molar-refractivity contribution in [1.29, 1.82) is 0 Å². The zero-order chi connectivity index (χ0) is 21.0. The standard InChI is InChI=1S/C23H15N3O4/c1-26-16-9-5-8-14(23(29)30)19(16)24-15-11-10-13-17(12-6-3-2-4-7-12)21(27)25-22(28)18(13)20(15)26/h2-11H,1H3,(H,29,30)(H,25,27,28). The van der Waals surface area contributed by atoms with Crippen LogP contribution in [0.4, 0.5) is 0 Å². The number of fused-ring (bicyclic) bond motifs is 4. The van der Waals surface area contributed by atoms with E-state index in [1.165, 1.54) is 6.07 Å². The summed E-state index contributed by atoms with van der Waals surface area (Å²) in [6.45, 7) is 0. The molecule has 0 radical (unpaired) electrons. The summed E-state index contributed by atoms with van der Waals surface area (Å²) in [5.41, 5.74) is 2.13. The van der Waals surface area contributed by atoms with E-state index in [4.69, 9.17) is 0 Å². The number of aryl methyl sites for hydroxylation is 1. The van der Waals surface area contributed by atoms with Crippen LogP contribution >= 0.6 is 0 Å². The second-order valence-corrected chi connectivity index (χ2v) is 7.03. The molecule has 2 aromatic heterocycles. The molecule has 30 heavy (non-hydrogen) atoms. The van der Waals surface area contributed by atoms with Gasteiger partial charge in [-0.25, -0.2) is 9.78 Å². The Morgan fingerprint density at radius 3 is 2.47 bits per heavy atom. The van der Waals surface area contributed by atoms with Crippen molar-refractivity contribution in [2.24, 2.45) is 7.05 Å². The van der Waals surface area contributed by atoms with Crippen LogP contribution in [-0.4, -0.2) is 25.6 Å². The molecular formula is C23H15N3O4. The predicted octanol–water partition coefficient (Wildman–Crippen LogP) is 3.29. The Balaban J connectivity index is 2.02. The van der Waals surface area contributed by atoms with Gasteiger partial charge in [0.05, 0.1) is 33.1 Å². The number of pyridine rings is 1. The second-order valence-electron chi connectivity index (χ2n) is 7.03. The maximum Gasteiger partial charge on any atom is 0.337 e. The van der Waals surface area contributed by atoms with Crippen LogP contribution in [0.25, 0.3) is 44.0 Å². The van der Waals surface area contributed by atoms with Gasteiger partial charge < -0.3 is 9.67 Å². The minimum atomic E-state index is -1.08. The highest BCUT2D eigenvalue weighted by atomic mass is 16.4. The summed E-state index contributed by atoms with van der Waals surface area (Å²) in [5.74, 6) is -1.08. The van der Waals surface area contributed by atoms with Gasteiger partial charge in [0.15, 0.2) is 0 Å². The summed E-state index contributed by atoms with van der Waals surface area (Å²) in [7, 11) is 1.75. The quantitative estimate of drug-likeness (QED) is 0.351. The number of hydrogen-bond acceptors (Lipinski definition) is 4. The fraction of sp³-hybridized carbons (Fsp3) is 0.0435. The van der Waals surface area contributed by atoms with Gasteiger partial charge in [-0.3, -0.25) is 14.6 Å². The molecule has 0 amide bonds. The highest BCUT2D eigenvalue weighted by molar-refractivity contribution is 6.12. The van der Waals surface area contributed by atoms with E-state index in [1.54, 1.807) is 35.9 Å². The molecule has 0 unspecified atom stereocenters. The number of carboxylic acids is 1. The van der Waals surface area contributed by atoms with E-state index in [9.17, 15) is 19.5 Å². The number of aromatic amines is 1. The van der Waals surface area contributed by atoms with Crippen molar-refractivity contribution in [1.82, 2.24) is 14.5 Å². The van der Waals surface area contributed by atoms with Crippen LogP contribution in [0.3, 0.4) is 0 Å². The molecule has 5 rings (SSSR count). The van der Waals surface area contributed by atoms with Crippen LogP contribution in [0.5, 0.6) is 0 Å². The minimum Gasteiger partial charge on any atom is -0.478 e. The first-order valence-corrected chi connectivity index (χ1v) is 9.24. The van der Waals surface area contributed by atoms with E-state index in [-0.39, 0.29) is 5.56 Å². The largest absolute Gasteiger partial charge is 0.478 e. The van der Waals surface area contributed by atoms with Crippen molar-refractivity contribution >= 4 is 38.8 Å². The van der Waals surface area contributed by atoms with Gasteiger partial charge in [0.25, 0.3) is 11.1 Å². The van der Waals surface area contributed by atoms with Gasteiger partial charge in [-0.05, 0) is 23.8 Å². The van der Waals surface area contributed by atoms with Gasteiger partial charge in [0.1, 0.15) is 5.52 Å². The zero-order valence-corrected chi connectivity index (χ0v) is 15.8. The monoisotopic (exact) mass is 397 g/mol. The lowest BCUT2D eigenvalue weighted by atomic mass is 9.99. The lowest BCUT2D eigenvalue weighted by molar-refractivity contribution is 0.0699. The molecule has 0 bridgehead atoms. The average molecular weight is 397 g/mol. The topological polar surface area (TPSA) is 105 Å². The van der Waals surface area contributed by atoms with Crippen LogP contribution < -0.4 is 11.1 Å². The number of para-hydroxylation sites is 1. The first-order valence-electron chi connectivity index (χ1n) is 9.24. The Bertz CT molecular complexity index is 1620. The van der Waals surface area contributed by atoms with E-state index >= 15 is 0 Å². The molecule has 0 fully saturated rings. The third-order valence-corrected chi connectivity index (χ3v) is 5.34. The molecule has 0 aliphatic heterocycles. The van der Waals surface area contributed by atoms with Crippen LogP contribution in [0.2, 0.25) is 0 Å². The van der Waals surface area contributed by atoms with Gasteiger partial charge in [0.2, 0.25) is 0 Å². The van der Waals surface area contributed by atoms with Crippen molar-refractivity contribution in [3.63, 3.8) is 0 Å². The zero-order valence-electron chi connectivity index (χ0n) is 15.8. The number of benzene rings is 3. The predicted molar refractivity (Wildman–Crippen MR) is 115 cm³/mol. The Hall–Kier alpha value is -4.26. The van der Waals surface area contributed by atoms with Crippen molar-refractivity contribution in [2.45, 2.75) is 0 Å². The number of nitrogens with one attached hydrogen (secondary N) is 1. The molecule has 0 aliphatic rings. The first kappa shape index (κ1) is 17.8. The highest BCUT2D eigenvalue weighted by Gasteiger charge is 2.18. The molecule has 0 aliphatic carbocycles. The van der Waals surface area contributed by atoms with Crippen molar-refractivity contribution in [3.8, 4) is 11.1 Å². The summed E-state index contributed by atoms with van der Waals surface area (Å²) in [6.07, 6.45) is 0. The van der Waals surface area contributed by atoms with E-state index in [0.717, 1.165) is 0 Å². The third-order valence-electron chi connectivity index (χ3n) is 5.34. The number of H-pyrrole nitrogens is 1. The van der Waals surface area contributed by atoms with Crippen LogP contribution in [0, 0.1) is 0 Å². The Kier molecular flexibility index (Phi) is 3.79. The summed E-state index contributed by atoms with van der Waals surface area (Å²) in [4.78, 5) is 44.1. The SMILES string of the molecule is Cn1c2cccc(C(=O)O)c2nc2ccc3c(-c4ccccc4)c(=O)[nH]c(=O)c3c21. The van der Waals surface area contributed by atoms with Crippen LogP contribution in [-0.2, 0) is 7.05 Å². The van der Waals surface area contributed by atoms with Crippen molar-refractivity contribution in [3.05, 3.63) is 86.9 Å². The van der Waals surface area contributed by atoms with Gasteiger partial charge in [0, 0.05) is 12.4 Å². The normalized spacial score (nSPS) is 11.4. The smallest absolute Gasteiger partial charge is 0.337 e. The number of rotatable bonds is 2. The van der Waals surface area contributed by atoms with Gasteiger partial charge in [-0.1, -0.05) is 42.5 Å². The van der Waals surface area contributed by atoms with E-state index in [0.29, 0.717) is 44.0 Å². The van der Waals surface area contributed by atoms with E-state index in [2.05, 4.69) is 9.97 Å². The average Bonchev–Trinajstić information content (AvgIpc) is 2.74. The van der Waals surface area contributed by atoms with Crippen molar-refractivity contribution in [2.75, 3.05) is 0 Å². The van der Waals surface area contributed by atoms with Crippen LogP contribution in [0.1, 0.15) is 10.4 Å². The molecule has 2 N–H and O–H groups in total. The maximum atomic E-state index is 12.9. The molecule has 0 saturated heterocycles. The first-order chi connectivity index (χ1) is 14.5. The Labute approximate surface area is 168 Å². The number of carbonyl (C=O) groups is 1. The molecule has 0 spiro atoms. The summed E-state index contributed by atoms with van der Waals surface area (Å²) < 4.78 is 1.75. The summed E-state index contributed by atoms with van der Waals surface area (Å²) in [6, 6.07) is 17.4. The van der Waals surface area contributed by atoms with Gasteiger partial charge >= 0.3 is 5.97 Å². The second kappa shape index (κ2) is 6.38. The lowest BCUT2D eigenvalue weighted by Crippen LogP contribution is -2.22. The fourth-order valence-electron chi connectivity index (χ4n) is 4.02. The number of nitrogens with zero attached hydrogens (tertiary/aromatic N) is 2. The molecule has 7 heteroatoms. The molecular weight excluding hydrogens is 382 g/mol.